The molecule has 0 bridgehead atoms. The van der Waals surface area contributed by atoms with Crippen LogP contribution in [0.4, 0.5) is 0 Å². The molecular formula is C17H24BrN. The van der Waals surface area contributed by atoms with Crippen LogP contribution in [0.3, 0.4) is 0 Å². The zero-order valence-corrected chi connectivity index (χ0v) is 13.5. The van der Waals surface area contributed by atoms with Gasteiger partial charge in [0, 0.05) is 16.9 Å². The van der Waals surface area contributed by atoms with Crippen molar-refractivity contribution in [3.63, 3.8) is 0 Å². The van der Waals surface area contributed by atoms with Crippen LogP contribution in [0.15, 0.2) is 28.7 Å². The molecule has 1 saturated heterocycles. The van der Waals surface area contributed by atoms with Crippen LogP contribution in [-0.2, 0) is 0 Å². The topological polar surface area (TPSA) is 12.0 Å². The van der Waals surface area contributed by atoms with E-state index in [1.807, 2.05) is 0 Å². The van der Waals surface area contributed by atoms with Crippen molar-refractivity contribution in [2.75, 3.05) is 13.1 Å². The molecule has 1 saturated carbocycles. The molecular weight excluding hydrogens is 298 g/mol. The Hall–Kier alpha value is -0.340. The van der Waals surface area contributed by atoms with E-state index in [0.29, 0.717) is 11.3 Å². The maximum absolute atomic E-state index is 3.75. The molecule has 104 valence electrons. The lowest BCUT2D eigenvalue weighted by atomic mass is 9.50. The van der Waals surface area contributed by atoms with Gasteiger partial charge in [-0.2, -0.15) is 0 Å². The molecule has 1 nitrogen and oxygen atoms in total. The zero-order valence-electron chi connectivity index (χ0n) is 12.0. The fourth-order valence-electron chi connectivity index (χ4n) is 4.12. The molecule has 0 amide bonds. The van der Waals surface area contributed by atoms with Gasteiger partial charge in [-0.1, -0.05) is 48.0 Å². The van der Waals surface area contributed by atoms with E-state index in [2.05, 4.69) is 59.4 Å². The van der Waals surface area contributed by atoms with E-state index in [1.54, 1.807) is 0 Å². The predicted molar refractivity (Wildman–Crippen MR) is 84.4 cm³/mol. The smallest absolute Gasteiger partial charge is 0.0210 e. The Morgan fingerprint density at radius 1 is 1.26 bits per heavy atom. The lowest BCUT2D eigenvalue weighted by Gasteiger charge is -2.56. The highest BCUT2D eigenvalue weighted by atomic mass is 79.9. The second-order valence-electron chi connectivity index (χ2n) is 6.80. The first-order valence-electron chi connectivity index (χ1n) is 7.57. The molecule has 1 heterocycles. The summed E-state index contributed by atoms with van der Waals surface area (Å²) in [6, 6.07) is 8.80. The molecule has 2 fully saturated rings. The Labute approximate surface area is 125 Å². The van der Waals surface area contributed by atoms with E-state index in [4.69, 9.17) is 0 Å². The summed E-state index contributed by atoms with van der Waals surface area (Å²) in [6.07, 6.45) is 4.21. The van der Waals surface area contributed by atoms with Crippen molar-refractivity contribution in [3.05, 3.63) is 34.3 Å². The van der Waals surface area contributed by atoms with E-state index in [-0.39, 0.29) is 0 Å². The van der Waals surface area contributed by atoms with E-state index in [9.17, 15) is 0 Å². The molecule has 2 heteroatoms. The van der Waals surface area contributed by atoms with Gasteiger partial charge in [-0.3, -0.25) is 0 Å². The highest BCUT2D eigenvalue weighted by Crippen LogP contribution is 2.60. The molecule has 1 aliphatic carbocycles. The summed E-state index contributed by atoms with van der Waals surface area (Å²) < 4.78 is 1.29. The first-order valence-corrected chi connectivity index (χ1v) is 8.37. The number of rotatable bonds is 2. The number of benzene rings is 1. The summed E-state index contributed by atoms with van der Waals surface area (Å²) in [7, 11) is 0. The monoisotopic (exact) mass is 321 g/mol. The summed E-state index contributed by atoms with van der Waals surface area (Å²) >= 11 is 3.75. The van der Waals surface area contributed by atoms with Gasteiger partial charge in [0.1, 0.15) is 0 Å². The maximum Gasteiger partial charge on any atom is 0.0210 e. The minimum atomic E-state index is 0.573. The maximum atomic E-state index is 3.75. The van der Waals surface area contributed by atoms with Crippen molar-refractivity contribution in [3.8, 4) is 0 Å². The highest BCUT2D eigenvalue weighted by Gasteiger charge is 2.51. The van der Waals surface area contributed by atoms with Gasteiger partial charge in [-0.15, -0.1) is 0 Å². The average molecular weight is 322 g/mol. The summed E-state index contributed by atoms with van der Waals surface area (Å²) in [5.41, 5.74) is 2.08. The lowest BCUT2D eigenvalue weighted by Crippen LogP contribution is -2.52. The molecule has 1 aromatic carbocycles. The van der Waals surface area contributed by atoms with Gasteiger partial charge in [-0.05, 0) is 54.7 Å². The van der Waals surface area contributed by atoms with Crippen LogP contribution >= 0.6 is 15.9 Å². The number of nitrogens with one attached hydrogen (secondary N) is 1. The van der Waals surface area contributed by atoms with E-state index in [1.165, 1.54) is 35.8 Å². The van der Waals surface area contributed by atoms with Crippen molar-refractivity contribution in [2.45, 2.75) is 39.0 Å². The minimum absolute atomic E-state index is 0.573. The molecule has 19 heavy (non-hydrogen) atoms. The first-order chi connectivity index (χ1) is 9.12. The minimum Gasteiger partial charge on any atom is -0.316 e. The number of hydrogen-bond acceptors (Lipinski definition) is 1. The molecule has 1 unspecified atom stereocenters. The fraction of sp³-hybridized carbons (Fsp3) is 0.647. The van der Waals surface area contributed by atoms with E-state index < -0.39 is 0 Å². The van der Waals surface area contributed by atoms with Crippen LogP contribution in [0.25, 0.3) is 0 Å². The molecule has 1 aliphatic heterocycles. The Balaban J connectivity index is 1.85. The Morgan fingerprint density at radius 2 is 2.00 bits per heavy atom. The third kappa shape index (κ3) is 2.38. The summed E-state index contributed by atoms with van der Waals surface area (Å²) in [5.74, 6) is 2.48. The number of hydrogen-bond donors (Lipinski definition) is 1. The van der Waals surface area contributed by atoms with Crippen LogP contribution in [-0.4, -0.2) is 13.1 Å². The Morgan fingerprint density at radius 3 is 2.68 bits per heavy atom. The second-order valence-corrected chi connectivity index (χ2v) is 7.66. The van der Waals surface area contributed by atoms with E-state index >= 15 is 0 Å². The van der Waals surface area contributed by atoms with Crippen molar-refractivity contribution < 1.29 is 0 Å². The molecule has 0 aromatic heterocycles. The van der Waals surface area contributed by atoms with Crippen LogP contribution < -0.4 is 5.32 Å². The van der Waals surface area contributed by atoms with Crippen molar-refractivity contribution in [2.24, 2.45) is 17.3 Å². The summed E-state index contributed by atoms with van der Waals surface area (Å²) in [6.45, 7) is 7.11. The van der Waals surface area contributed by atoms with Gasteiger partial charge >= 0.3 is 0 Å². The third-order valence-electron chi connectivity index (χ3n) is 5.45. The normalized spacial score (nSPS) is 34.5. The fourth-order valence-corrected chi connectivity index (χ4v) is 4.68. The molecule has 1 atom stereocenters. The van der Waals surface area contributed by atoms with Crippen LogP contribution in [0.5, 0.6) is 0 Å². The van der Waals surface area contributed by atoms with Crippen LogP contribution in [0, 0.1) is 17.3 Å². The van der Waals surface area contributed by atoms with Gasteiger partial charge in [0.05, 0.1) is 0 Å². The quantitative estimate of drug-likeness (QED) is 0.840. The second kappa shape index (κ2) is 5.21. The Bertz CT molecular complexity index is 448. The van der Waals surface area contributed by atoms with Crippen molar-refractivity contribution >= 4 is 15.9 Å². The largest absolute Gasteiger partial charge is 0.316 e. The molecule has 1 N–H and O–H groups in total. The summed E-state index contributed by atoms with van der Waals surface area (Å²) in [5, 5.41) is 3.61. The number of piperidine rings is 1. The van der Waals surface area contributed by atoms with Gasteiger partial charge in [0.25, 0.3) is 0 Å². The van der Waals surface area contributed by atoms with Gasteiger partial charge in [0.2, 0.25) is 0 Å². The van der Waals surface area contributed by atoms with Crippen molar-refractivity contribution in [1.29, 1.82) is 0 Å². The van der Waals surface area contributed by atoms with Crippen molar-refractivity contribution in [1.82, 2.24) is 5.32 Å². The Kier molecular flexibility index (Phi) is 3.74. The lowest BCUT2D eigenvalue weighted by molar-refractivity contribution is -0.0216. The molecule has 1 spiro atoms. The molecule has 1 aromatic rings. The molecule has 0 radical (unpaired) electrons. The number of halogens is 1. The predicted octanol–water partition coefficient (Wildman–Crippen LogP) is 4.58. The molecule has 3 rings (SSSR count). The van der Waals surface area contributed by atoms with E-state index in [0.717, 1.165) is 18.4 Å². The van der Waals surface area contributed by atoms with Crippen LogP contribution in [0.1, 0.15) is 44.6 Å². The molecule has 2 aliphatic rings. The van der Waals surface area contributed by atoms with Gasteiger partial charge < -0.3 is 5.32 Å². The zero-order chi connectivity index (χ0) is 13.5. The van der Waals surface area contributed by atoms with Gasteiger partial charge in [0.15, 0.2) is 0 Å². The summed E-state index contributed by atoms with van der Waals surface area (Å²) in [4.78, 5) is 0. The van der Waals surface area contributed by atoms with Gasteiger partial charge in [-0.25, -0.2) is 0 Å². The van der Waals surface area contributed by atoms with Crippen LogP contribution in [0.2, 0.25) is 0 Å². The first kappa shape index (κ1) is 13.6. The average Bonchev–Trinajstić information content (AvgIpc) is 2.36. The SMILES string of the molecule is CC(C)C1CC2(CCNCC2c2ccccc2Br)C1. The standard InChI is InChI=1S/C17H24BrN/c1-12(2)13-9-17(10-13)7-8-19-11-15(17)14-5-3-4-6-16(14)18/h3-6,12-13,15,19H,7-11H2,1-2H3. The highest BCUT2D eigenvalue weighted by molar-refractivity contribution is 9.10. The third-order valence-corrected chi connectivity index (χ3v) is 6.17.